The number of thiophene rings is 1. The molecule has 0 saturated carbocycles. The first-order valence-corrected chi connectivity index (χ1v) is 10.2. The number of piperidine rings is 1. The van der Waals surface area contributed by atoms with Gasteiger partial charge in [0.05, 0.1) is 17.6 Å². The molecule has 0 radical (unpaired) electrons. The topological polar surface area (TPSA) is 67.3 Å². The summed E-state index contributed by atoms with van der Waals surface area (Å²) in [6.07, 6.45) is 5.35. The molecule has 2 aromatic heterocycles. The second kappa shape index (κ2) is 7.92. The average molecular weight is 382 g/mol. The zero-order valence-electron chi connectivity index (χ0n) is 15.3. The summed E-state index contributed by atoms with van der Waals surface area (Å²) < 4.78 is 5.16. The van der Waals surface area contributed by atoms with E-state index < -0.39 is 0 Å². The second-order valence-corrected chi connectivity index (χ2v) is 7.35. The summed E-state index contributed by atoms with van der Waals surface area (Å²) in [6.45, 7) is 4.38. The second-order valence-electron chi connectivity index (χ2n) is 6.49. The molecule has 0 bridgehead atoms. The van der Waals surface area contributed by atoms with Gasteiger partial charge in [-0.05, 0) is 50.5 Å². The van der Waals surface area contributed by atoms with Crippen molar-refractivity contribution in [2.24, 2.45) is 0 Å². The molecule has 1 aliphatic heterocycles. The molecule has 1 saturated heterocycles. The molecule has 1 aliphatic rings. The molecule has 7 heteroatoms. The molecular weight excluding hydrogens is 360 g/mol. The predicted molar refractivity (Wildman–Crippen MR) is 109 cm³/mol. The lowest BCUT2D eigenvalue weighted by Crippen LogP contribution is -2.29. The summed E-state index contributed by atoms with van der Waals surface area (Å²) >= 11 is 1.42. The first-order chi connectivity index (χ1) is 13.3. The molecule has 6 nitrogen and oxygen atoms in total. The van der Waals surface area contributed by atoms with Gasteiger partial charge in [0.15, 0.2) is 0 Å². The molecule has 27 heavy (non-hydrogen) atoms. The van der Waals surface area contributed by atoms with Crippen LogP contribution < -0.4 is 10.2 Å². The molecule has 3 heterocycles. The molecule has 3 aromatic rings. The molecule has 0 unspecified atom stereocenters. The van der Waals surface area contributed by atoms with Crippen molar-refractivity contribution in [1.29, 1.82) is 0 Å². The number of benzene rings is 1. The summed E-state index contributed by atoms with van der Waals surface area (Å²) in [6, 6.07) is 8.36. The van der Waals surface area contributed by atoms with E-state index in [1.807, 2.05) is 12.1 Å². The third kappa shape index (κ3) is 3.73. The Balaban J connectivity index is 1.59. The van der Waals surface area contributed by atoms with E-state index >= 15 is 0 Å². The Hall–Kier alpha value is -2.67. The van der Waals surface area contributed by atoms with Gasteiger partial charge in [-0.25, -0.2) is 14.8 Å². The smallest absolute Gasteiger partial charge is 0.339 e. The fourth-order valence-electron chi connectivity index (χ4n) is 3.37. The highest BCUT2D eigenvalue weighted by Crippen LogP contribution is 2.32. The largest absolute Gasteiger partial charge is 0.462 e. The van der Waals surface area contributed by atoms with Crippen molar-refractivity contribution < 1.29 is 9.53 Å². The molecule has 1 N–H and O–H groups in total. The van der Waals surface area contributed by atoms with Gasteiger partial charge in [-0.3, -0.25) is 0 Å². The van der Waals surface area contributed by atoms with Gasteiger partial charge in [0.2, 0.25) is 0 Å². The van der Waals surface area contributed by atoms with Gasteiger partial charge in [0.25, 0.3) is 0 Å². The Morgan fingerprint density at radius 3 is 2.70 bits per heavy atom. The van der Waals surface area contributed by atoms with Gasteiger partial charge in [-0.15, -0.1) is 11.3 Å². The van der Waals surface area contributed by atoms with Crippen molar-refractivity contribution in [2.75, 3.05) is 29.9 Å². The van der Waals surface area contributed by atoms with Crippen LogP contribution in [0.4, 0.5) is 17.2 Å². The van der Waals surface area contributed by atoms with Gasteiger partial charge in [0, 0.05) is 29.8 Å². The number of ether oxygens (including phenoxy) is 1. The number of rotatable bonds is 5. The molecule has 140 valence electrons. The molecule has 0 spiro atoms. The maximum atomic E-state index is 12.2. The minimum absolute atomic E-state index is 0.338. The van der Waals surface area contributed by atoms with Crippen molar-refractivity contribution in [3.63, 3.8) is 0 Å². The van der Waals surface area contributed by atoms with Crippen LogP contribution in [-0.4, -0.2) is 35.6 Å². The zero-order chi connectivity index (χ0) is 18.6. The molecule has 0 aliphatic carbocycles. The fraction of sp³-hybridized carbons (Fsp3) is 0.350. The Morgan fingerprint density at radius 1 is 1.19 bits per heavy atom. The minimum atomic E-state index is -0.345. The highest BCUT2D eigenvalue weighted by Gasteiger charge is 2.18. The van der Waals surface area contributed by atoms with Crippen LogP contribution in [-0.2, 0) is 4.74 Å². The maximum absolute atomic E-state index is 12.2. The van der Waals surface area contributed by atoms with Crippen molar-refractivity contribution in [3.05, 3.63) is 41.5 Å². The monoisotopic (exact) mass is 382 g/mol. The number of hydrogen-bond donors (Lipinski definition) is 1. The van der Waals surface area contributed by atoms with E-state index in [0.29, 0.717) is 23.4 Å². The normalized spacial score (nSPS) is 14.3. The Morgan fingerprint density at radius 2 is 1.96 bits per heavy atom. The number of aromatic nitrogens is 2. The Bertz CT molecular complexity index is 933. The Labute approximate surface area is 162 Å². The summed E-state index contributed by atoms with van der Waals surface area (Å²) in [5.74, 6) is 0.275. The van der Waals surface area contributed by atoms with E-state index in [9.17, 15) is 4.79 Å². The average Bonchev–Trinajstić information content (AvgIpc) is 3.15. The van der Waals surface area contributed by atoms with Crippen molar-refractivity contribution in [2.45, 2.75) is 26.2 Å². The number of anilines is 3. The summed E-state index contributed by atoms with van der Waals surface area (Å²) in [5.41, 5.74) is 2.68. The van der Waals surface area contributed by atoms with Crippen LogP contribution in [0.25, 0.3) is 10.2 Å². The van der Waals surface area contributed by atoms with E-state index in [1.165, 1.54) is 42.6 Å². The van der Waals surface area contributed by atoms with Gasteiger partial charge in [-0.1, -0.05) is 0 Å². The fourth-order valence-corrected chi connectivity index (χ4v) is 4.25. The van der Waals surface area contributed by atoms with Crippen LogP contribution in [0.5, 0.6) is 0 Å². The Kier molecular flexibility index (Phi) is 5.20. The van der Waals surface area contributed by atoms with Crippen LogP contribution in [0, 0.1) is 0 Å². The standard InChI is InChI=1S/C20H22N4O2S/c1-2-26-20(25)16-12-27-19-17(16)18(21-13-22-19)23-14-6-8-15(9-7-14)24-10-4-3-5-11-24/h6-9,12-13H,2-5,10-11H2,1H3,(H,21,22,23). The molecular formula is C20H22N4O2S. The predicted octanol–water partition coefficient (Wildman–Crippen LogP) is 4.60. The lowest BCUT2D eigenvalue weighted by molar-refractivity contribution is 0.0529. The van der Waals surface area contributed by atoms with Crippen LogP contribution in [0.3, 0.4) is 0 Å². The number of fused-ring (bicyclic) bond motifs is 1. The summed E-state index contributed by atoms with van der Waals surface area (Å²) in [4.78, 5) is 24.1. The highest BCUT2D eigenvalue weighted by molar-refractivity contribution is 7.17. The van der Waals surface area contributed by atoms with Gasteiger partial charge >= 0.3 is 5.97 Å². The third-order valence-electron chi connectivity index (χ3n) is 4.72. The lowest BCUT2D eigenvalue weighted by atomic mass is 10.1. The molecule has 4 rings (SSSR count). The maximum Gasteiger partial charge on any atom is 0.339 e. The van der Waals surface area contributed by atoms with Crippen molar-refractivity contribution in [3.8, 4) is 0 Å². The van der Waals surface area contributed by atoms with E-state index in [0.717, 1.165) is 23.6 Å². The van der Waals surface area contributed by atoms with E-state index in [2.05, 4.69) is 32.3 Å². The lowest BCUT2D eigenvalue weighted by Gasteiger charge is -2.28. The number of nitrogens with zero attached hydrogens (tertiary/aromatic N) is 3. The van der Waals surface area contributed by atoms with Crippen LogP contribution >= 0.6 is 11.3 Å². The van der Waals surface area contributed by atoms with Crippen LogP contribution in [0.1, 0.15) is 36.5 Å². The number of esters is 1. The molecule has 0 amide bonds. The number of nitrogens with one attached hydrogen (secondary N) is 1. The third-order valence-corrected chi connectivity index (χ3v) is 5.60. The molecule has 1 fully saturated rings. The zero-order valence-corrected chi connectivity index (χ0v) is 16.1. The first-order valence-electron chi connectivity index (χ1n) is 9.27. The van der Waals surface area contributed by atoms with Crippen LogP contribution in [0.2, 0.25) is 0 Å². The summed E-state index contributed by atoms with van der Waals surface area (Å²) in [5, 5.41) is 5.82. The van der Waals surface area contributed by atoms with Crippen molar-refractivity contribution >= 4 is 44.7 Å². The quantitative estimate of drug-likeness (QED) is 0.651. The van der Waals surface area contributed by atoms with Gasteiger partial charge < -0.3 is 15.0 Å². The number of carbonyl (C=O) groups excluding carboxylic acids is 1. The number of carbonyl (C=O) groups is 1. The van der Waals surface area contributed by atoms with Gasteiger partial charge in [0.1, 0.15) is 17.0 Å². The van der Waals surface area contributed by atoms with E-state index in [4.69, 9.17) is 4.74 Å². The summed E-state index contributed by atoms with van der Waals surface area (Å²) in [7, 11) is 0. The van der Waals surface area contributed by atoms with Crippen LogP contribution in [0.15, 0.2) is 36.0 Å². The number of hydrogen-bond acceptors (Lipinski definition) is 7. The molecule has 0 atom stereocenters. The first kappa shape index (κ1) is 17.7. The van der Waals surface area contributed by atoms with E-state index in [-0.39, 0.29) is 5.97 Å². The van der Waals surface area contributed by atoms with E-state index in [1.54, 1.807) is 12.3 Å². The van der Waals surface area contributed by atoms with Gasteiger partial charge in [-0.2, -0.15) is 0 Å². The highest BCUT2D eigenvalue weighted by atomic mass is 32.1. The van der Waals surface area contributed by atoms with Crippen molar-refractivity contribution in [1.82, 2.24) is 9.97 Å². The molecule has 1 aromatic carbocycles. The minimum Gasteiger partial charge on any atom is -0.462 e. The SMILES string of the molecule is CCOC(=O)c1csc2ncnc(Nc3ccc(N4CCCCC4)cc3)c12.